The van der Waals surface area contributed by atoms with Gasteiger partial charge >= 0.3 is 0 Å². The van der Waals surface area contributed by atoms with Crippen LogP contribution in [0.2, 0.25) is 5.02 Å². The summed E-state index contributed by atoms with van der Waals surface area (Å²) in [6.07, 6.45) is 0. The van der Waals surface area contributed by atoms with Gasteiger partial charge in [0.1, 0.15) is 5.58 Å². The second kappa shape index (κ2) is 8.65. The lowest BCUT2D eigenvalue weighted by Gasteiger charge is -2.28. The molecule has 5 nitrogen and oxygen atoms in total. The van der Waals surface area contributed by atoms with Crippen LogP contribution in [0, 0.1) is 0 Å². The van der Waals surface area contributed by atoms with Crippen molar-refractivity contribution in [2.45, 2.75) is 19.9 Å². The SMILES string of the molecule is CCN(CC)CCN1C(=O)c2oc3c(ccc4ccccc43)c(=O)c2C1c1ccc(Cl)cc1. The second-order valence-corrected chi connectivity index (χ2v) is 8.75. The van der Waals surface area contributed by atoms with Crippen molar-refractivity contribution < 1.29 is 9.21 Å². The van der Waals surface area contributed by atoms with Gasteiger partial charge in [-0.15, -0.1) is 0 Å². The number of benzene rings is 3. The first-order chi connectivity index (χ1) is 16.0. The molecule has 1 aliphatic rings. The standard InChI is InChI=1S/C27H25ClN2O3/c1-3-29(4-2)15-16-30-23(18-9-12-19(28)13-10-18)22-24(31)21-14-11-17-7-5-6-8-20(17)25(21)33-26(22)27(30)32/h5-14,23H,3-4,15-16H2,1-2H3. The molecule has 1 atom stereocenters. The van der Waals surface area contributed by atoms with Crippen LogP contribution in [0.4, 0.5) is 0 Å². The third kappa shape index (κ3) is 3.62. The zero-order valence-corrected chi connectivity index (χ0v) is 19.4. The largest absolute Gasteiger partial charge is 0.450 e. The fourth-order valence-corrected chi connectivity index (χ4v) is 4.89. The summed E-state index contributed by atoms with van der Waals surface area (Å²) >= 11 is 6.12. The summed E-state index contributed by atoms with van der Waals surface area (Å²) < 4.78 is 6.24. The zero-order chi connectivity index (χ0) is 23.1. The average molecular weight is 461 g/mol. The van der Waals surface area contributed by atoms with Gasteiger partial charge in [-0.1, -0.05) is 67.9 Å². The van der Waals surface area contributed by atoms with Crippen LogP contribution in [-0.2, 0) is 0 Å². The molecule has 1 unspecified atom stereocenters. The van der Waals surface area contributed by atoms with Gasteiger partial charge in [-0.25, -0.2) is 0 Å². The van der Waals surface area contributed by atoms with Gasteiger partial charge in [0.15, 0.2) is 5.43 Å². The topological polar surface area (TPSA) is 53.8 Å². The number of rotatable bonds is 6. The molecule has 0 bridgehead atoms. The van der Waals surface area contributed by atoms with E-state index in [1.165, 1.54) is 0 Å². The maximum absolute atomic E-state index is 13.8. The molecule has 2 heterocycles. The Morgan fingerprint density at radius 2 is 1.67 bits per heavy atom. The number of likely N-dealkylation sites (N-methyl/N-ethyl adjacent to an activating group) is 1. The molecule has 0 spiro atoms. The van der Waals surface area contributed by atoms with Crippen LogP contribution in [0.5, 0.6) is 0 Å². The third-order valence-corrected chi connectivity index (χ3v) is 6.85. The van der Waals surface area contributed by atoms with Gasteiger partial charge in [-0.3, -0.25) is 9.59 Å². The van der Waals surface area contributed by atoms with E-state index < -0.39 is 6.04 Å². The summed E-state index contributed by atoms with van der Waals surface area (Å²) in [5.74, 6) is -0.104. The van der Waals surface area contributed by atoms with Crippen molar-refractivity contribution >= 4 is 39.2 Å². The zero-order valence-electron chi connectivity index (χ0n) is 18.7. The molecule has 3 aromatic carbocycles. The molecule has 1 aliphatic heterocycles. The lowest BCUT2D eigenvalue weighted by atomic mass is 9.97. The molecule has 1 aromatic heterocycles. The molecule has 0 radical (unpaired) electrons. The maximum atomic E-state index is 13.8. The molecule has 5 rings (SSSR count). The summed E-state index contributed by atoms with van der Waals surface area (Å²) in [7, 11) is 0. The summed E-state index contributed by atoms with van der Waals surface area (Å²) in [6, 6.07) is 18.3. The van der Waals surface area contributed by atoms with Crippen LogP contribution >= 0.6 is 11.6 Å². The molecule has 168 valence electrons. The lowest BCUT2D eigenvalue weighted by Crippen LogP contribution is -2.37. The first kappa shape index (κ1) is 21.7. The summed E-state index contributed by atoms with van der Waals surface area (Å²) in [6.45, 7) is 7.20. The van der Waals surface area contributed by atoms with Gasteiger partial charge in [-0.05, 0) is 42.2 Å². The Kier molecular flexibility index (Phi) is 5.69. The molecule has 33 heavy (non-hydrogen) atoms. The number of fused-ring (bicyclic) bond motifs is 4. The van der Waals surface area contributed by atoms with E-state index in [0.29, 0.717) is 34.6 Å². The van der Waals surface area contributed by atoms with Crippen LogP contribution in [0.15, 0.2) is 69.9 Å². The number of nitrogens with zero attached hydrogens (tertiary/aromatic N) is 2. The van der Waals surface area contributed by atoms with Crippen molar-refractivity contribution in [1.29, 1.82) is 0 Å². The van der Waals surface area contributed by atoms with Crippen molar-refractivity contribution in [3.05, 3.63) is 92.8 Å². The van der Waals surface area contributed by atoms with E-state index in [-0.39, 0.29) is 17.1 Å². The first-order valence-corrected chi connectivity index (χ1v) is 11.7. The average Bonchev–Trinajstić information content (AvgIpc) is 3.12. The Labute approximate surface area is 197 Å². The fourth-order valence-electron chi connectivity index (χ4n) is 4.76. The van der Waals surface area contributed by atoms with E-state index >= 15 is 0 Å². The van der Waals surface area contributed by atoms with E-state index in [1.54, 1.807) is 23.1 Å². The van der Waals surface area contributed by atoms with Crippen molar-refractivity contribution in [3.63, 3.8) is 0 Å². The molecular weight excluding hydrogens is 436 g/mol. The molecule has 1 amide bonds. The van der Waals surface area contributed by atoms with Gasteiger partial charge in [0.2, 0.25) is 5.76 Å². The highest BCUT2D eigenvalue weighted by Crippen LogP contribution is 2.39. The number of carbonyl (C=O) groups excluding carboxylic acids is 1. The smallest absolute Gasteiger partial charge is 0.290 e. The highest BCUT2D eigenvalue weighted by Gasteiger charge is 2.42. The van der Waals surface area contributed by atoms with Crippen LogP contribution in [0.3, 0.4) is 0 Å². The molecule has 0 saturated carbocycles. The minimum absolute atomic E-state index is 0.142. The molecule has 0 fully saturated rings. The van der Waals surface area contributed by atoms with Gasteiger partial charge < -0.3 is 14.2 Å². The number of hydrogen-bond donors (Lipinski definition) is 0. The van der Waals surface area contributed by atoms with E-state index in [2.05, 4.69) is 18.7 Å². The summed E-state index contributed by atoms with van der Waals surface area (Å²) in [5.41, 5.74) is 1.56. The van der Waals surface area contributed by atoms with Gasteiger partial charge in [0.05, 0.1) is 17.0 Å². The maximum Gasteiger partial charge on any atom is 0.290 e. The van der Waals surface area contributed by atoms with Crippen LogP contribution in [0.25, 0.3) is 21.7 Å². The van der Waals surface area contributed by atoms with Crippen LogP contribution in [0.1, 0.15) is 41.6 Å². The van der Waals surface area contributed by atoms with Crippen LogP contribution < -0.4 is 5.43 Å². The monoisotopic (exact) mass is 460 g/mol. The number of amides is 1. The predicted molar refractivity (Wildman–Crippen MR) is 132 cm³/mol. The molecule has 0 N–H and O–H groups in total. The van der Waals surface area contributed by atoms with Gasteiger partial charge in [0, 0.05) is 23.5 Å². The minimum atomic E-state index is -0.507. The highest BCUT2D eigenvalue weighted by molar-refractivity contribution is 6.30. The first-order valence-electron chi connectivity index (χ1n) is 11.3. The molecular formula is C27H25ClN2O3. The van der Waals surface area contributed by atoms with E-state index in [9.17, 15) is 9.59 Å². The second-order valence-electron chi connectivity index (χ2n) is 8.32. The Morgan fingerprint density at radius 3 is 2.39 bits per heavy atom. The van der Waals surface area contributed by atoms with Gasteiger partial charge in [0.25, 0.3) is 5.91 Å². The minimum Gasteiger partial charge on any atom is -0.450 e. The van der Waals surface area contributed by atoms with Crippen molar-refractivity contribution in [2.24, 2.45) is 0 Å². The molecule has 0 saturated heterocycles. The normalized spacial score (nSPS) is 15.7. The van der Waals surface area contributed by atoms with Crippen molar-refractivity contribution in [1.82, 2.24) is 9.80 Å². The Morgan fingerprint density at radius 1 is 0.939 bits per heavy atom. The Hall–Kier alpha value is -3.15. The molecule has 6 heteroatoms. The number of hydrogen-bond acceptors (Lipinski definition) is 4. The Balaban J connectivity index is 1.71. The lowest BCUT2D eigenvalue weighted by molar-refractivity contribution is 0.0708. The number of carbonyl (C=O) groups is 1. The van der Waals surface area contributed by atoms with Crippen molar-refractivity contribution in [2.75, 3.05) is 26.2 Å². The molecule has 4 aromatic rings. The Bertz CT molecular complexity index is 1410. The molecule has 0 aliphatic carbocycles. The summed E-state index contributed by atoms with van der Waals surface area (Å²) in [4.78, 5) is 31.4. The fraction of sp³-hybridized carbons (Fsp3) is 0.259. The third-order valence-electron chi connectivity index (χ3n) is 6.60. The highest BCUT2D eigenvalue weighted by atomic mass is 35.5. The van der Waals surface area contributed by atoms with E-state index in [0.717, 1.165) is 29.4 Å². The van der Waals surface area contributed by atoms with E-state index in [4.69, 9.17) is 16.0 Å². The number of halogens is 1. The van der Waals surface area contributed by atoms with Crippen molar-refractivity contribution in [3.8, 4) is 0 Å². The predicted octanol–water partition coefficient (Wildman–Crippen LogP) is 5.49. The van der Waals surface area contributed by atoms with Gasteiger partial charge in [-0.2, -0.15) is 0 Å². The van der Waals surface area contributed by atoms with Crippen LogP contribution in [-0.4, -0.2) is 41.9 Å². The quantitative estimate of drug-likeness (QED) is 0.357. The van der Waals surface area contributed by atoms with E-state index in [1.807, 2.05) is 42.5 Å². The summed E-state index contributed by atoms with van der Waals surface area (Å²) in [5, 5.41) is 2.89.